The number of likely N-dealkylation sites (N-methyl/N-ethyl adjacent to an activating group) is 1. The van der Waals surface area contributed by atoms with Crippen molar-refractivity contribution in [2.45, 2.75) is 45.7 Å². The Balaban J connectivity index is 1.99. The zero-order chi connectivity index (χ0) is 15.2. The predicted molar refractivity (Wildman–Crippen MR) is 81.2 cm³/mol. The maximum atomic E-state index is 12.4. The molecule has 0 aromatic heterocycles. The Bertz CT molecular complexity index is 490. The average molecular weight is 292 g/mol. The fourth-order valence-corrected chi connectivity index (χ4v) is 2.39. The number of carbonyl (C=O) groups excluding carboxylic acids is 1. The number of ether oxygens (including phenoxy) is 2. The Morgan fingerprint density at radius 2 is 2.10 bits per heavy atom. The number of amides is 1. The third kappa shape index (κ3) is 3.88. The highest BCUT2D eigenvalue weighted by Gasteiger charge is 2.20. The number of fused-ring (bicyclic) bond motifs is 1. The summed E-state index contributed by atoms with van der Waals surface area (Å²) in [6, 6.07) is 5.36. The minimum Gasteiger partial charge on any atom is -0.454 e. The van der Waals surface area contributed by atoms with Crippen molar-refractivity contribution in [3.05, 3.63) is 23.8 Å². The lowest BCUT2D eigenvalue weighted by Gasteiger charge is -2.24. The lowest BCUT2D eigenvalue weighted by molar-refractivity contribution is -0.133. The quantitative estimate of drug-likeness (QED) is 0.837. The molecule has 0 fully saturated rings. The summed E-state index contributed by atoms with van der Waals surface area (Å²) in [5, 5.41) is 0. The van der Waals surface area contributed by atoms with Crippen molar-refractivity contribution in [2.24, 2.45) is 5.73 Å². The van der Waals surface area contributed by atoms with E-state index in [9.17, 15) is 4.79 Å². The van der Waals surface area contributed by atoms with E-state index in [1.54, 1.807) is 4.90 Å². The molecule has 21 heavy (non-hydrogen) atoms. The number of hydrogen-bond acceptors (Lipinski definition) is 4. The van der Waals surface area contributed by atoms with Crippen molar-refractivity contribution in [3.63, 3.8) is 0 Å². The van der Waals surface area contributed by atoms with Crippen LogP contribution in [0.15, 0.2) is 18.2 Å². The van der Waals surface area contributed by atoms with Gasteiger partial charge in [0.2, 0.25) is 12.7 Å². The first kappa shape index (κ1) is 15.6. The molecular formula is C16H24N2O3. The normalized spacial score (nSPS) is 14.0. The molecule has 1 aliphatic heterocycles. The molecule has 0 aliphatic carbocycles. The largest absolute Gasteiger partial charge is 0.454 e. The monoisotopic (exact) mass is 292 g/mol. The molecule has 0 radical (unpaired) electrons. The summed E-state index contributed by atoms with van der Waals surface area (Å²) in [5.41, 5.74) is 7.01. The van der Waals surface area contributed by atoms with Gasteiger partial charge in [-0.3, -0.25) is 4.79 Å². The number of rotatable bonds is 7. The number of benzene rings is 1. The Hall–Kier alpha value is -1.75. The average Bonchev–Trinajstić information content (AvgIpc) is 2.97. The van der Waals surface area contributed by atoms with Crippen LogP contribution in [0.3, 0.4) is 0 Å². The first-order valence-electron chi connectivity index (χ1n) is 7.58. The summed E-state index contributed by atoms with van der Waals surface area (Å²) >= 11 is 0. The second kappa shape index (κ2) is 7.31. The molecule has 2 N–H and O–H groups in total. The van der Waals surface area contributed by atoms with Crippen LogP contribution in [0.1, 0.15) is 38.7 Å². The van der Waals surface area contributed by atoms with Crippen LogP contribution in [0.5, 0.6) is 11.5 Å². The summed E-state index contributed by atoms with van der Waals surface area (Å²) < 4.78 is 10.7. The van der Waals surface area contributed by atoms with E-state index in [4.69, 9.17) is 15.2 Å². The van der Waals surface area contributed by atoms with Crippen LogP contribution in [-0.2, 0) is 11.3 Å². The molecule has 1 unspecified atom stereocenters. The number of unbranched alkanes of at least 4 members (excludes halogenated alkanes) is 1. The second-order valence-corrected chi connectivity index (χ2v) is 5.29. The van der Waals surface area contributed by atoms with Gasteiger partial charge in [0.25, 0.3) is 0 Å². The number of nitrogens with zero attached hydrogens (tertiary/aromatic N) is 1. The van der Waals surface area contributed by atoms with Crippen molar-refractivity contribution in [1.82, 2.24) is 4.90 Å². The maximum Gasteiger partial charge on any atom is 0.239 e. The highest BCUT2D eigenvalue weighted by molar-refractivity contribution is 5.81. The molecule has 116 valence electrons. The van der Waals surface area contributed by atoms with Crippen LogP contribution < -0.4 is 15.2 Å². The van der Waals surface area contributed by atoms with Crippen LogP contribution in [0.4, 0.5) is 0 Å². The van der Waals surface area contributed by atoms with E-state index >= 15 is 0 Å². The van der Waals surface area contributed by atoms with Gasteiger partial charge in [0.1, 0.15) is 0 Å². The first-order chi connectivity index (χ1) is 10.2. The van der Waals surface area contributed by atoms with Crippen molar-refractivity contribution < 1.29 is 14.3 Å². The Kier molecular flexibility index (Phi) is 5.44. The van der Waals surface area contributed by atoms with Gasteiger partial charge in [-0.05, 0) is 31.0 Å². The van der Waals surface area contributed by atoms with Gasteiger partial charge >= 0.3 is 0 Å². The summed E-state index contributed by atoms with van der Waals surface area (Å²) in [7, 11) is 0. The number of carbonyl (C=O) groups is 1. The van der Waals surface area contributed by atoms with Gasteiger partial charge in [-0.15, -0.1) is 0 Å². The third-order valence-electron chi connectivity index (χ3n) is 3.69. The predicted octanol–water partition coefficient (Wildman–Crippen LogP) is 2.28. The highest BCUT2D eigenvalue weighted by atomic mass is 16.7. The summed E-state index contributed by atoms with van der Waals surface area (Å²) in [5.74, 6) is 1.52. The van der Waals surface area contributed by atoms with E-state index < -0.39 is 6.04 Å². The lowest BCUT2D eigenvalue weighted by atomic mass is 10.1. The molecule has 5 heteroatoms. The van der Waals surface area contributed by atoms with Crippen molar-refractivity contribution >= 4 is 5.91 Å². The van der Waals surface area contributed by atoms with Crippen LogP contribution in [0.2, 0.25) is 0 Å². The van der Waals surface area contributed by atoms with Gasteiger partial charge in [0, 0.05) is 13.1 Å². The van der Waals surface area contributed by atoms with Crippen LogP contribution in [0, 0.1) is 0 Å². The van der Waals surface area contributed by atoms with Crippen LogP contribution in [-0.4, -0.2) is 30.2 Å². The maximum absolute atomic E-state index is 12.4. The number of hydrogen-bond donors (Lipinski definition) is 1. The van der Waals surface area contributed by atoms with E-state index in [2.05, 4.69) is 6.92 Å². The van der Waals surface area contributed by atoms with Gasteiger partial charge in [-0.1, -0.05) is 25.8 Å². The minimum atomic E-state index is -0.404. The molecule has 1 aromatic carbocycles. The zero-order valence-electron chi connectivity index (χ0n) is 12.8. The molecule has 1 atom stereocenters. The van der Waals surface area contributed by atoms with E-state index in [-0.39, 0.29) is 12.7 Å². The molecule has 1 amide bonds. The molecule has 0 saturated carbocycles. The van der Waals surface area contributed by atoms with Gasteiger partial charge in [0.15, 0.2) is 11.5 Å². The molecule has 0 saturated heterocycles. The Morgan fingerprint density at radius 1 is 1.33 bits per heavy atom. The molecular weight excluding hydrogens is 268 g/mol. The molecule has 1 heterocycles. The third-order valence-corrected chi connectivity index (χ3v) is 3.69. The first-order valence-corrected chi connectivity index (χ1v) is 7.58. The fourth-order valence-electron chi connectivity index (χ4n) is 2.39. The smallest absolute Gasteiger partial charge is 0.239 e. The van der Waals surface area contributed by atoms with E-state index in [1.165, 1.54) is 0 Å². The summed E-state index contributed by atoms with van der Waals surface area (Å²) in [4.78, 5) is 14.2. The second-order valence-electron chi connectivity index (χ2n) is 5.29. The van der Waals surface area contributed by atoms with Crippen LogP contribution >= 0.6 is 0 Å². The topological polar surface area (TPSA) is 64.8 Å². The Labute approximate surface area is 126 Å². The molecule has 0 bridgehead atoms. The molecule has 1 aromatic rings. The van der Waals surface area contributed by atoms with E-state index in [0.29, 0.717) is 13.1 Å². The molecule has 0 spiro atoms. The van der Waals surface area contributed by atoms with Gasteiger partial charge < -0.3 is 20.1 Å². The SMILES string of the molecule is CCCCC(N)C(=O)N(CC)Cc1ccc2c(c1)OCO2. The van der Waals surface area contributed by atoms with Crippen LogP contribution in [0.25, 0.3) is 0 Å². The Morgan fingerprint density at radius 3 is 2.81 bits per heavy atom. The molecule has 2 rings (SSSR count). The van der Waals surface area contributed by atoms with Crippen molar-refractivity contribution in [2.75, 3.05) is 13.3 Å². The van der Waals surface area contributed by atoms with Gasteiger partial charge in [-0.2, -0.15) is 0 Å². The highest BCUT2D eigenvalue weighted by Crippen LogP contribution is 2.32. The fraction of sp³-hybridized carbons (Fsp3) is 0.562. The van der Waals surface area contributed by atoms with Gasteiger partial charge in [0.05, 0.1) is 6.04 Å². The number of nitrogens with two attached hydrogens (primary N) is 1. The van der Waals surface area contributed by atoms with Crippen molar-refractivity contribution in [1.29, 1.82) is 0 Å². The zero-order valence-corrected chi connectivity index (χ0v) is 12.8. The molecule has 5 nitrogen and oxygen atoms in total. The van der Waals surface area contributed by atoms with E-state index in [1.807, 2.05) is 25.1 Å². The molecule has 1 aliphatic rings. The summed E-state index contributed by atoms with van der Waals surface area (Å²) in [6.07, 6.45) is 2.77. The van der Waals surface area contributed by atoms with E-state index in [0.717, 1.165) is 36.3 Å². The van der Waals surface area contributed by atoms with Gasteiger partial charge in [-0.25, -0.2) is 0 Å². The summed E-state index contributed by atoms with van der Waals surface area (Å²) in [6.45, 7) is 5.52. The van der Waals surface area contributed by atoms with Crippen molar-refractivity contribution in [3.8, 4) is 11.5 Å². The lowest BCUT2D eigenvalue weighted by Crippen LogP contribution is -2.43. The standard InChI is InChI=1S/C16H24N2O3/c1-3-5-6-13(17)16(19)18(4-2)10-12-7-8-14-15(9-12)21-11-20-14/h7-9,13H,3-6,10-11,17H2,1-2H3. The minimum absolute atomic E-state index is 0.0172.